The predicted octanol–water partition coefficient (Wildman–Crippen LogP) is 3.09. The van der Waals surface area contributed by atoms with Crippen LogP contribution in [-0.4, -0.2) is 31.0 Å². The molecule has 1 saturated heterocycles. The number of rotatable bonds is 2. The number of likely N-dealkylation sites (tertiary alicyclic amines) is 1. The Morgan fingerprint density at radius 3 is 2.95 bits per heavy atom. The van der Waals surface area contributed by atoms with Gasteiger partial charge in [0.1, 0.15) is 0 Å². The average Bonchev–Trinajstić information content (AvgIpc) is 3.15. The summed E-state index contributed by atoms with van der Waals surface area (Å²) in [6, 6.07) is 2.17. The van der Waals surface area contributed by atoms with E-state index < -0.39 is 0 Å². The molecule has 0 atom stereocenters. The van der Waals surface area contributed by atoms with Crippen LogP contribution in [0.2, 0.25) is 0 Å². The van der Waals surface area contributed by atoms with Crippen LogP contribution in [0.4, 0.5) is 0 Å². The molecule has 104 valence electrons. The molecule has 0 amide bonds. The highest BCUT2D eigenvalue weighted by Gasteiger charge is 2.40. The SMILES string of the molecule is CN=C(NCc1ccsc1)N1CCC2(CCCC2)C1. The third kappa shape index (κ3) is 2.78. The summed E-state index contributed by atoms with van der Waals surface area (Å²) in [5.74, 6) is 1.08. The van der Waals surface area contributed by atoms with Crippen LogP contribution in [0.25, 0.3) is 0 Å². The second-order valence-corrected chi connectivity index (χ2v) is 6.69. The summed E-state index contributed by atoms with van der Waals surface area (Å²) in [5.41, 5.74) is 1.96. The van der Waals surface area contributed by atoms with E-state index in [1.165, 1.54) is 50.8 Å². The van der Waals surface area contributed by atoms with Gasteiger partial charge in [-0.25, -0.2) is 0 Å². The normalized spacial score (nSPS) is 22.4. The summed E-state index contributed by atoms with van der Waals surface area (Å²) in [5, 5.41) is 7.83. The quantitative estimate of drug-likeness (QED) is 0.664. The van der Waals surface area contributed by atoms with Crippen molar-refractivity contribution in [2.45, 2.75) is 38.6 Å². The van der Waals surface area contributed by atoms with Gasteiger partial charge in [-0.1, -0.05) is 12.8 Å². The molecule has 1 aliphatic carbocycles. The molecular formula is C15H23N3S. The van der Waals surface area contributed by atoms with E-state index in [4.69, 9.17) is 0 Å². The van der Waals surface area contributed by atoms with Crippen molar-refractivity contribution in [2.75, 3.05) is 20.1 Å². The van der Waals surface area contributed by atoms with E-state index in [2.05, 4.69) is 32.0 Å². The summed E-state index contributed by atoms with van der Waals surface area (Å²) in [7, 11) is 1.90. The Hall–Kier alpha value is -1.03. The van der Waals surface area contributed by atoms with Crippen molar-refractivity contribution in [2.24, 2.45) is 10.4 Å². The van der Waals surface area contributed by atoms with Gasteiger partial charge in [-0.2, -0.15) is 11.3 Å². The molecule has 0 unspecified atom stereocenters. The Balaban J connectivity index is 1.58. The monoisotopic (exact) mass is 277 g/mol. The van der Waals surface area contributed by atoms with Crippen molar-refractivity contribution in [1.82, 2.24) is 10.2 Å². The van der Waals surface area contributed by atoms with E-state index in [0.29, 0.717) is 5.41 Å². The molecule has 0 aromatic carbocycles. The molecule has 3 rings (SSSR count). The highest BCUT2D eigenvalue weighted by molar-refractivity contribution is 7.07. The zero-order valence-corrected chi connectivity index (χ0v) is 12.5. The largest absolute Gasteiger partial charge is 0.352 e. The van der Waals surface area contributed by atoms with Crippen molar-refractivity contribution in [3.05, 3.63) is 22.4 Å². The molecule has 19 heavy (non-hydrogen) atoms. The van der Waals surface area contributed by atoms with Crippen molar-refractivity contribution in [3.63, 3.8) is 0 Å². The number of aliphatic imine (C=N–C) groups is 1. The summed E-state index contributed by atoms with van der Waals surface area (Å²) < 4.78 is 0. The van der Waals surface area contributed by atoms with Crippen LogP contribution < -0.4 is 5.32 Å². The van der Waals surface area contributed by atoms with E-state index >= 15 is 0 Å². The topological polar surface area (TPSA) is 27.6 Å². The van der Waals surface area contributed by atoms with E-state index in [1.807, 2.05) is 7.05 Å². The third-order valence-corrected chi connectivity index (χ3v) is 5.38. The van der Waals surface area contributed by atoms with E-state index in [1.54, 1.807) is 11.3 Å². The van der Waals surface area contributed by atoms with Gasteiger partial charge in [-0.3, -0.25) is 4.99 Å². The smallest absolute Gasteiger partial charge is 0.193 e. The molecule has 1 aromatic rings. The number of nitrogens with zero attached hydrogens (tertiary/aromatic N) is 2. The highest BCUT2D eigenvalue weighted by Crippen LogP contribution is 2.45. The number of guanidine groups is 1. The number of thiophene rings is 1. The Bertz CT molecular complexity index is 432. The van der Waals surface area contributed by atoms with E-state index in [9.17, 15) is 0 Å². The van der Waals surface area contributed by atoms with Crippen LogP contribution in [0.3, 0.4) is 0 Å². The lowest BCUT2D eigenvalue weighted by atomic mass is 9.86. The fourth-order valence-corrected chi connectivity index (χ4v) is 4.22. The molecule has 2 heterocycles. The molecule has 1 saturated carbocycles. The van der Waals surface area contributed by atoms with Crippen molar-refractivity contribution < 1.29 is 0 Å². The Morgan fingerprint density at radius 2 is 2.26 bits per heavy atom. The minimum absolute atomic E-state index is 0.611. The molecule has 3 nitrogen and oxygen atoms in total. The van der Waals surface area contributed by atoms with E-state index in [0.717, 1.165) is 12.5 Å². The average molecular weight is 277 g/mol. The molecule has 1 N–H and O–H groups in total. The van der Waals surface area contributed by atoms with Crippen LogP contribution in [0, 0.1) is 5.41 Å². The first-order valence-electron chi connectivity index (χ1n) is 7.28. The lowest BCUT2D eigenvalue weighted by Gasteiger charge is -2.25. The number of hydrogen-bond donors (Lipinski definition) is 1. The number of nitrogens with one attached hydrogen (secondary N) is 1. The molecule has 1 spiro atoms. The summed E-state index contributed by atoms with van der Waals surface area (Å²) >= 11 is 1.75. The first-order valence-corrected chi connectivity index (χ1v) is 8.22. The van der Waals surface area contributed by atoms with Crippen LogP contribution in [0.5, 0.6) is 0 Å². The van der Waals surface area contributed by atoms with Gasteiger partial charge < -0.3 is 10.2 Å². The molecule has 2 aliphatic rings. The van der Waals surface area contributed by atoms with Gasteiger partial charge in [0.15, 0.2) is 5.96 Å². The van der Waals surface area contributed by atoms with Gasteiger partial charge >= 0.3 is 0 Å². The predicted molar refractivity (Wildman–Crippen MR) is 81.6 cm³/mol. The van der Waals surface area contributed by atoms with Crippen molar-refractivity contribution in [1.29, 1.82) is 0 Å². The van der Waals surface area contributed by atoms with Crippen molar-refractivity contribution in [3.8, 4) is 0 Å². The van der Waals surface area contributed by atoms with Crippen LogP contribution in [0.15, 0.2) is 21.8 Å². The maximum atomic E-state index is 4.46. The Labute approximate surface area is 119 Å². The van der Waals surface area contributed by atoms with Gasteiger partial charge in [-0.15, -0.1) is 0 Å². The van der Waals surface area contributed by atoms with E-state index in [-0.39, 0.29) is 0 Å². The lowest BCUT2D eigenvalue weighted by Crippen LogP contribution is -2.40. The van der Waals surface area contributed by atoms with Crippen LogP contribution >= 0.6 is 11.3 Å². The molecular weight excluding hydrogens is 254 g/mol. The first kappa shape index (κ1) is 13.0. The fourth-order valence-electron chi connectivity index (χ4n) is 3.56. The minimum Gasteiger partial charge on any atom is -0.352 e. The van der Waals surface area contributed by atoms with Gasteiger partial charge in [0.2, 0.25) is 0 Å². The third-order valence-electron chi connectivity index (χ3n) is 4.64. The Morgan fingerprint density at radius 1 is 1.42 bits per heavy atom. The number of hydrogen-bond acceptors (Lipinski definition) is 2. The summed E-state index contributed by atoms with van der Waals surface area (Å²) in [4.78, 5) is 6.91. The van der Waals surface area contributed by atoms with Crippen LogP contribution in [-0.2, 0) is 6.54 Å². The van der Waals surface area contributed by atoms with Gasteiger partial charge in [0.05, 0.1) is 0 Å². The first-order chi connectivity index (χ1) is 9.31. The molecule has 0 radical (unpaired) electrons. The fraction of sp³-hybridized carbons (Fsp3) is 0.667. The highest BCUT2D eigenvalue weighted by atomic mass is 32.1. The van der Waals surface area contributed by atoms with Crippen molar-refractivity contribution >= 4 is 17.3 Å². The maximum Gasteiger partial charge on any atom is 0.193 e. The lowest BCUT2D eigenvalue weighted by molar-refractivity contribution is 0.309. The van der Waals surface area contributed by atoms with Gasteiger partial charge in [0.25, 0.3) is 0 Å². The maximum absolute atomic E-state index is 4.46. The van der Waals surface area contributed by atoms with Gasteiger partial charge in [-0.05, 0) is 47.1 Å². The summed E-state index contributed by atoms with van der Waals surface area (Å²) in [6.07, 6.45) is 7.05. The Kier molecular flexibility index (Phi) is 3.78. The minimum atomic E-state index is 0.611. The molecule has 1 aromatic heterocycles. The zero-order chi connectivity index (χ0) is 13.1. The van der Waals surface area contributed by atoms with Crippen LogP contribution in [0.1, 0.15) is 37.7 Å². The summed E-state index contributed by atoms with van der Waals surface area (Å²) in [6.45, 7) is 3.26. The molecule has 0 bridgehead atoms. The molecule has 2 fully saturated rings. The second-order valence-electron chi connectivity index (χ2n) is 5.91. The second kappa shape index (κ2) is 5.53. The standard InChI is InChI=1S/C15H23N3S/c1-16-14(17-10-13-4-9-19-11-13)18-8-7-15(12-18)5-2-3-6-15/h4,9,11H,2-3,5-8,10,12H2,1H3,(H,16,17). The zero-order valence-electron chi connectivity index (χ0n) is 11.7. The molecule has 4 heteroatoms. The van der Waals surface area contributed by atoms with Gasteiger partial charge in [0, 0.05) is 26.7 Å². The molecule has 1 aliphatic heterocycles.